The first-order valence-corrected chi connectivity index (χ1v) is 7.77. The van der Waals surface area contributed by atoms with Gasteiger partial charge >= 0.3 is 0 Å². The number of pyridine rings is 1. The van der Waals surface area contributed by atoms with E-state index in [2.05, 4.69) is 15.6 Å². The van der Waals surface area contributed by atoms with Crippen molar-refractivity contribution in [3.63, 3.8) is 0 Å². The SMILES string of the molecule is CC(=O)N1CCCC(c2cccc(-c3cnc(C)n3C)n2)C1. The largest absolute Gasteiger partial charge is 0.342 e. The predicted molar refractivity (Wildman–Crippen MR) is 85.4 cm³/mol. The van der Waals surface area contributed by atoms with Crippen LogP contribution in [0.5, 0.6) is 0 Å². The van der Waals surface area contributed by atoms with Gasteiger partial charge in [-0.05, 0) is 31.9 Å². The number of piperidine rings is 1. The van der Waals surface area contributed by atoms with Gasteiger partial charge in [-0.15, -0.1) is 0 Å². The predicted octanol–water partition coefficient (Wildman–Crippen LogP) is 2.52. The molecule has 1 amide bonds. The molecule has 0 aromatic carbocycles. The Morgan fingerprint density at radius 3 is 2.86 bits per heavy atom. The lowest BCUT2D eigenvalue weighted by molar-refractivity contribution is -0.130. The average Bonchev–Trinajstić information content (AvgIpc) is 2.87. The van der Waals surface area contributed by atoms with E-state index in [0.29, 0.717) is 5.92 Å². The van der Waals surface area contributed by atoms with Crippen molar-refractivity contribution in [1.82, 2.24) is 19.4 Å². The Bertz CT molecular complexity index is 692. The van der Waals surface area contributed by atoms with Crippen molar-refractivity contribution in [3.05, 3.63) is 35.9 Å². The Hall–Kier alpha value is -2.17. The Morgan fingerprint density at radius 1 is 1.36 bits per heavy atom. The van der Waals surface area contributed by atoms with Gasteiger partial charge in [0.05, 0.1) is 17.6 Å². The van der Waals surface area contributed by atoms with Crippen LogP contribution in [0.2, 0.25) is 0 Å². The van der Waals surface area contributed by atoms with Crippen molar-refractivity contribution >= 4 is 5.91 Å². The monoisotopic (exact) mass is 298 g/mol. The first-order chi connectivity index (χ1) is 10.6. The smallest absolute Gasteiger partial charge is 0.219 e. The third-order valence-electron chi connectivity index (χ3n) is 4.54. The zero-order valence-corrected chi connectivity index (χ0v) is 13.4. The molecule has 5 nitrogen and oxygen atoms in total. The first-order valence-electron chi connectivity index (χ1n) is 7.77. The van der Waals surface area contributed by atoms with E-state index in [1.165, 1.54) is 0 Å². The quantitative estimate of drug-likeness (QED) is 0.856. The fourth-order valence-corrected chi connectivity index (χ4v) is 3.07. The molecule has 3 heterocycles. The van der Waals surface area contributed by atoms with Gasteiger partial charge in [-0.2, -0.15) is 0 Å². The number of aryl methyl sites for hydroxylation is 1. The van der Waals surface area contributed by atoms with Gasteiger partial charge in [-0.1, -0.05) is 6.07 Å². The number of carbonyl (C=O) groups excluding carboxylic acids is 1. The number of carbonyl (C=O) groups is 1. The average molecular weight is 298 g/mol. The van der Waals surface area contributed by atoms with Crippen LogP contribution >= 0.6 is 0 Å². The zero-order valence-electron chi connectivity index (χ0n) is 13.4. The zero-order chi connectivity index (χ0) is 15.7. The van der Waals surface area contributed by atoms with Gasteiger partial charge < -0.3 is 9.47 Å². The highest BCUT2D eigenvalue weighted by atomic mass is 16.2. The van der Waals surface area contributed by atoms with Crippen molar-refractivity contribution in [3.8, 4) is 11.4 Å². The molecule has 1 aliphatic heterocycles. The summed E-state index contributed by atoms with van der Waals surface area (Å²) in [5.41, 5.74) is 3.04. The third kappa shape index (κ3) is 2.75. The number of imidazole rings is 1. The number of likely N-dealkylation sites (tertiary alicyclic amines) is 1. The Kier molecular flexibility index (Phi) is 3.96. The molecule has 0 bridgehead atoms. The van der Waals surface area contributed by atoms with Crippen LogP contribution in [0.25, 0.3) is 11.4 Å². The highest BCUT2D eigenvalue weighted by molar-refractivity contribution is 5.73. The molecule has 3 rings (SSSR count). The van der Waals surface area contributed by atoms with Crippen molar-refractivity contribution in [2.45, 2.75) is 32.6 Å². The molecule has 0 radical (unpaired) electrons. The molecule has 0 aliphatic carbocycles. The van der Waals surface area contributed by atoms with Crippen molar-refractivity contribution in [1.29, 1.82) is 0 Å². The summed E-state index contributed by atoms with van der Waals surface area (Å²) in [7, 11) is 2.00. The van der Waals surface area contributed by atoms with E-state index < -0.39 is 0 Å². The molecule has 22 heavy (non-hydrogen) atoms. The summed E-state index contributed by atoms with van der Waals surface area (Å²) in [5, 5.41) is 0. The van der Waals surface area contributed by atoms with Crippen LogP contribution in [-0.4, -0.2) is 38.4 Å². The summed E-state index contributed by atoms with van der Waals surface area (Å²) in [5.74, 6) is 1.46. The van der Waals surface area contributed by atoms with E-state index in [4.69, 9.17) is 4.98 Å². The second-order valence-electron chi connectivity index (χ2n) is 6.00. The van der Waals surface area contributed by atoms with Crippen LogP contribution < -0.4 is 0 Å². The van der Waals surface area contributed by atoms with Crippen LogP contribution in [0.15, 0.2) is 24.4 Å². The second kappa shape index (κ2) is 5.91. The van der Waals surface area contributed by atoms with E-state index in [1.807, 2.05) is 37.2 Å². The lowest BCUT2D eigenvalue weighted by Gasteiger charge is -2.31. The van der Waals surface area contributed by atoms with Gasteiger partial charge in [-0.25, -0.2) is 4.98 Å². The summed E-state index contributed by atoms with van der Waals surface area (Å²) in [6.07, 6.45) is 4.00. The van der Waals surface area contributed by atoms with Crippen molar-refractivity contribution < 1.29 is 4.79 Å². The maximum absolute atomic E-state index is 11.6. The molecule has 2 aromatic heterocycles. The standard InChI is InChI=1S/C17H22N4O/c1-12-18-10-17(20(12)3)16-8-4-7-15(19-16)14-6-5-9-21(11-14)13(2)22/h4,7-8,10,14H,5-6,9,11H2,1-3H3. The molecule has 0 saturated carbocycles. The number of amides is 1. The van der Waals surface area contributed by atoms with E-state index in [-0.39, 0.29) is 5.91 Å². The van der Waals surface area contributed by atoms with Gasteiger partial charge in [0.2, 0.25) is 5.91 Å². The highest BCUT2D eigenvalue weighted by Gasteiger charge is 2.24. The van der Waals surface area contributed by atoms with Crippen LogP contribution in [0.4, 0.5) is 0 Å². The van der Waals surface area contributed by atoms with Crippen LogP contribution in [0.1, 0.15) is 37.2 Å². The Balaban J connectivity index is 1.88. The molecule has 1 unspecified atom stereocenters. The lowest BCUT2D eigenvalue weighted by Crippen LogP contribution is -2.37. The Labute approximate surface area is 131 Å². The van der Waals surface area contributed by atoms with E-state index in [0.717, 1.165) is 48.8 Å². The van der Waals surface area contributed by atoms with E-state index in [9.17, 15) is 4.79 Å². The summed E-state index contributed by atoms with van der Waals surface area (Å²) in [4.78, 5) is 22.7. The minimum absolute atomic E-state index is 0.156. The maximum Gasteiger partial charge on any atom is 0.219 e. The lowest BCUT2D eigenvalue weighted by atomic mass is 9.94. The molecule has 1 fully saturated rings. The molecule has 0 spiro atoms. The summed E-state index contributed by atoms with van der Waals surface area (Å²) in [6, 6.07) is 6.14. The molecule has 5 heteroatoms. The van der Waals surface area contributed by atoms with Gasteiger partial charge in [0, 0.05) is 38.7 Å². The number of hydrogen-bond donors (Lipinski definition) is 0. The summed E-state index contributed by atoms with van der Waals surface area (Å²) < 4.78 is 2.05. The minimum atomic E-state index is 0.156. The van der Waals surface area contributed by atoms with Gasteiger partial charge in [0.25, 0.3) is 0 Å². The van der Waals surface area contributed by atoms with Crippen LogP contribution in [0, 0.1) is 6.92 Å². The minimum Gasteiger partial charge on any atom is -0.342 e. The van der Waals surface area contributed by atoms with Crippen molar-refractivity contribution in [2.75, 3.05) is 13.1 Å². The molecule has 1 atom stereocenters. The van der Waals surface area contributed by atoms with E-state index >= 15 is 0 Å². The Morgan fingerprint density at radius 2 is 2.18 bits per heavy atom. The third-order valence-corrected chi connectivity index (χ3v) is 4.54. The first kappa shape index (κ1) is 14.8. The molecular formula is C17H22N4O. The number of rotatable bonds is 2. The van der Waals surface area contributed by atoms with Gasteiger partial charge in [0.1, 0.15) is 5.82 Å². The van der Waals surface area contributed by atoms with Crippen LogP contribution in [-0.2, 0) is 11.8 Å². The molecule has 1 aliphatic rings. The summed E-state index contributed by atoms with van der Waals surface area (Å²) in [6.45, 7) is 5.27. The maximum atomic E-state index is 11.6. The molecule has 1 saturated heterocycles. The molecule has 0 N–H and O–H groups in total. The van der Waals surface area contributed by atoms with Crippen molar-refractivity contribution in [2.24, 2.45) is 7.05 Å². The number of aromatic nitrogens is 3. The van der Waals surface area contributed by atoms with Gasteiger partial charge in [-0.3, -0.25) is 9.78 Å². The topological polar surface area (TPSA) is 51.0 Å². The van der Waals surface area contributed by atoms with E-state index in [1.54, 1.807) is 6.92 Å². The number of hydrogen-bond acceptors (Lipinski definition) is 3. The molecule has 116 valence electrons. The van der Waals surface area contributed by atoms with Crippen LogP contribution in [0.3, 0.4) is 0 Å². The molecular weight excluding hydrogens is 276 g/mol. The fourth-order valence-electron chi connectivity index (χ4n) is 3.07. The second-order valence-corrected chi connectivity index (χ2v) is 6.00. The number of nitrogens with zero attached hydrogens (tertiary/aromatic N) is 4. The van der Waals surface area contributed by atoms with Gasteiger partial charge in [0.15, 0.2) is 0 Å². The highest BCUT2D eigenvalue weighted by Crippen LogP contribution is 2.27. The normalized spacial score (nSPS) is 18.5. The fraction of sp³-hybridized carbons (Fsp3) is 0.471. The molecule has 2 aromatic rings. The summed E-state index contributed by atoms with van der Waals surface area (Å²) >= 11 is 0.